The van der Waals surface area contributed by atoms with E-state index in [0.29, 0.717) is 32.7 Å². The summed E-state index contributed by atoms with van der Waals surface area (Å²) in [6, 6.07) is 8.81. The molecule has 0 saturated carbocycles. The SMILES string of the molecule is Cc1nc(NC(=O)c2sc3cc(F)ccc3c2Cl)c(C)c(C)c1OC(=O)c1cccc(Cl)n1. The van der Waals surface area contributed by atoms with Gasteiger partial charge in [-0.3, -0.25) is 4.79 Å². The van der Waals surface area contributed by atoms with Crippen LogP contribution in [0.15, 0.2) is 36.4 Å². The molecule has 0 aliphatic carbocycles. The minimum atomic E-state index is -0.675. The van der Waals surface area contributed by atoms with Crippen molar-refractivity contribution in [3.8, 4) is 5.75 Å². The van der Waals surface area contributed by atoms with Crippen LogP contribution in [0.3, 0.4) is 0 Å². The Balaban J connectivity index is 1.61. The molecule has 1 aromatic carbocycles. The predicted molar refractivity (Wildman–Crippen MR) is 127 cm³/mol. The molecule has 10 heteroatoms. The zero-order valence-electron chi connectivity index (χ0n) is 17.6. The molecule has 0 aliphatic rings. The smallest absolute Gasteiger partial charge is 0.362 e. The molecule has 3 aromatic heterocycles. The summed E-state index contributed by atoms with van der Waals surface area (Å²) in [5.41, 5.74) is 1.69. The van der Waals surface area contributed by atoms with Crippen LogP contribution in [-0.2, 0) is 0 Å². The summed E-state index contributed by atoms with van der Waals surface area (Å²) in [7, 11) is 0. The first-order chi connectivity index (χ1) is 15.7. The Hall–Kier alpha value is -3.07. The summed E-state index contributed by atoms with van der Waals surface area (Å²) in [6.07, 6.45) is 0. The van der Waals surface area contributed by atoms with Crippen LogP contribution < -0.4 is 10.1 Å². The third-order valence-corrected chi connectivity index (χ3v) is 6.88. The average molecular weight is 504 g/mol. The van der Waals surface area contributed by atoms with Crippen molar-refractivity contribution in [1.82, 2.24) is 9.97 Å². The largest absolute Gasteiger partial charge is 0.420 e. The first-order valence-electron chi connectivity index (χ1n) is 9.67. The molecule has 3 heterocycles. The molecule has 0 fully saturated rings. The molecule has 0 spiro atoms. The molecule has 0 radical (unpaired) electrons. The van der Waals surface area contributed by atoms with Crippen LogP contribution in [0.5, 0.6) is 5.75 Å². The van der Waals surface area contributed by atoms with Crippen LogP contribution in [0.4, 0.5) is 10.2 Å². The summed E-state index contributed by atoms with van der Waals surface area (Å²) in [5.74, 6) is -0.980. The number of aryl methyl sites for hydroxylation is 1. The van der Waals surface area contributed by atoms with Gasteiger partial charge in [0.1, 0.15) is 21.7 Å². The van der Waals surface area contributed by atoms with E-state index in [1.165, 1.54) is 24.3 Å². The number of halogens is 3. The van der Waals surface area contributed by atoms with Gasteiger partial charge < -0.3 is 10.1 Å². The Bertz CT molecular complexity index is 1440. The lowest BCUT2D eigenvalue weighted by molar-refractivity contribution is 0.0725. The van der Waals surface area contributed by atoms with E-state index in [4.69, 9.17) is 27.9 Å². The van der Waals surface area contributed by atoms with Crippen molar-refractivity contribution < 1.29 is 18.7 Å². The van der Waals surface area contributed by atoms with Gasteiger partial charge in [0.05, 0.1) is 10.7 Å². The highest BCUT2D eigenvalue weighted by Gasteiger charge is 2.22. The molecule has 0 bridgehead atoms. The topological polar surface area (TPSA) is 81.2 Å². The predicted octanol–water partition coefficient (Wildman–Crippen LogP) is 6.53. The number of amides is 1. The Kier molecular flexibility index (Phi) is 6.34. The molecule has 6 nitrogen and oxygen atoms in total. The fraction of sp³-hybridized carbons (Fsp3) is 0.130. The standard InChI is InChI=1S/C23H16Cl2FN3O3S/c1-10-11(2)21(27-12(3)19(10)32-23(31)15-5-4-6-17(24)28-15)29-22(30)20-18(25)14-8-7-13(26)9-16(14)33-20/h4-9H,1-3H3,(H,27,29,30). The van der Waals surface area contributed by atoms with Crippen molar-refractivity contribution in [2.45, 2.75) is 20.8 Å². The van der Waals surface area contributed by atoms with Gasteiger partial charge in [-0.15, -0.1) is 11.3 Å². The minimum Gasteiger partial charge on any atom is -0.420 e. The first kappa shape index (κ1) is 23.1. The van der Waals surface area contributed by atoms with Gasteiger partial charge in [-0.05, 0) is 56.7 Å². The lowest BCUT2D eigenvalue weighted by Crippen LogP contribution is -2.16. The van der Waals surface area contributed by atoms with Gasteiger partial charge >= 0.3 is 5.97 Å². The van der Waals surface area contributed by atoms with Crippen molar-refractivity contribution in [3.63, 3.8) is 0 Å². The van der Waals surface area contributed by atoms with E-state index in [-0.39, 0.29) is 26.5 Å². The van der Waals surface area contributed by atoms with Gasteiger partial charge in [0.2, 0.25) is 0 Å². The number of carbonyl (C=O) groups is 2. The fourth-order valence-electron chi connectivity index (χ4n) is 3.21. The molecule has 0 saturated heterocycles. The molecular weight excluding hydrogens is 488 g/mol. The Morgan fingerprint density at radius 2 is 1.82 bits per heavy atom. The van der Waals surface area contributed by atoms with Crippen LogP contribution in [0.1, 0.15) is 37.0 Å². The van der Waals surface area contributed by atoms with E-state index in [0.717, 1.165) is 11.3 Å². The number of anilines is 1. The number of rotatable bonds is 4. The molecule has 33 heavy (non-hydrogen) atoms. The van der Waals surface area contributed by atoms with Crippen molar-refractivity contribution in [3.05, 3.63) is 79.8 Å². The second-order valence-corrected chi connectivity index (χ2v) is 9.02. The van der Waals surface area contributed by atoms with Crippen LogP contribution >= 0.6 is 34.5 Å². The number of aromatic nitrogens is 2. The molecular formula is C23H16Cl2FN3O3S. The van der Waals surface area contributed by atoms with Crippen LogP contribution in [0, 0.1) is 26.6 Å². The van der Waals surface area contributed by atoms with E-state index in [1.807, 2.05) is 0 Å². The summed E-state index contributed by atoms with van der Waals surface area (Å²) in [5, 5.41) is 3.78. The molecule has 4 rings (SSSR count). The maximum atomic E-state index is 13.5. The average Bonchev–Trinajstić information content (AvgIpc) is 3.10. The van der Waals surface area contributed by atoms with E-state index >= 15 is 0 Å². The van der Waals surface area contributed by atoms with E-state index in [9.17, 15) is 14.0 Å². The van der Waals surface area contributed by atoms with Gasteiger partial charge in [-0.25, -0.2) is 19.2 Å². The summed E-state index contributed by atoms with van der Waals surface area (Å²) >= 11 is 13.3. The normalized spacial score (nSPS) is 11.0. The van der Waals surface area contributed by atoms with Crippen LogP contribution in [-0.4, -0.2) is 21.8 Å². The first-order valence-corrected chi connectivity index (χ1v) is 11.2. The van der Waals surface area contributed by atoms with E-state index in [2.05, 4.69) is 15.3 Å². The lowest BCUT2D eigenvalue weighted by atomic mass is 10.1. The third kappa shape index (κ3) is 4.55. The lowest BCUT2D eigenvalue weighted by Gasteiger charge is -2.16. The number of thiophene rings is 1. The molecule has 168 valence electrons. The van der Waals surface area contributed by atoms with Crippen LogP contribution in [0.2, 0.25) is 10.2 Å². The molecule has 4 aromatic rings. The molecule has 0 atom stereocenters. The summed E-state index contributed by atoms with van der Waals surface area (Å²) in [4.78, 5) is 34.0. The summed E-state index contributed by atoms with van der Waals surface area (Å²) in [6.45, 7) is 5.16. The Morgan fingerprint density at radius 1 is 1.06 bits per heavy atom. The molecule has 0 aliphatic heterocycles. The third-order valence-electron chi connectivity index (χ3n) is 5.02. The quantitative estimate of drug-likeness (QED) is 0.252. The van der Waals surface area contributed by atoms with Gasteiger partial charge in [0, 0.05) is 15.6 Å². The van der Waals surface area contributed by atoms with Gasteiger partial charge in [0.15, 0.2) is 11.4 Å². The number of hydrogen-bond acceptors (Lipinski definition) is 6. The fourth-order valence-corrected chi connectivity index (χ4v) is 4.81. The molecule has 0 unspecified atom stereocenters. The highest BCUT2D eigenvalue weighted by Crippen LogP contribution is 2.37. The van der Waals surface area contributed by atoms with E-state index < -0.39 is 17.7 Å². The number of benzene rings is 1. The van der Waals surface area contributed by atoms with Crippen molar-refractivity contribution in [1.29, 1.82) is 0 Å². The number of ether oxygens (including phenoxy) is 1. The minimum absolute atomic E-state index is 0.0622. The highest BCUT2D eigenvalue weighted by molar-refractivity contribution is 7.21. The maximum absolute atomic E-state index is 13.5. The van der Waals surface area contributed by atoms with Gasteiger partial charge in [0.25, 0.3) is 5.91 Å². The number of hydrogen-bond donors (Lipinski definition) is 1. The Morgan fingerprint density at radius 3 is 2.55 bits per heavy atom. The second-order valence-electron chi connectivity index (χ2n) is 7.20. The zero-order valence-corrected chi connectivity index (χ0v) is 20.0. The number of carbonyl (C=O) groups excluding carboxylic acids is 2. The number of nitrogens with zero attached hydrogens (tertiary/aromatic N) is 2. The van der Waals surface area contributed by atoms with Crippen LogP contribution in [0.25, 0.3) is 10.1 Å². The molecule has 1 amide bonds. The van der Waals surface area contributed by atoms with Crippen molar-refractivity contribution >= 4 is 62.3 Å². The maximum Gasteiger partial charge on any atom is 0.362 e. The zero-order chi connectivity index (χ0) is 23.9. The Labute approximate surface area is 202 Å². The highest BCUT2D eigenvalue weighted by atomic mass is 35.5. The number of fused-ring (bicyclic) bond motifs is 1. The monoisotopic (exact) mass is 503 g/mol. The van der Waals surface area contributed by atoms with Crippen molar-refractivity contribution in [2.75, 3.05) is 5.32 Å². The van der Waals surface area contributed by atoms with Gasteiger partial charge in [-0.2, -0.15) is 0 Å². The number of pyridine rings is 2. The van der Waals surface area contributed by atoms with E-state index in [1.54, 1.807) is 32.9 Å². The second kappa shape index (κ2) is 9.05. The number of nitrogens with one attached hydrogen (secondary N) is 1. The van der Waals surface area contributed by atoms with Gasteiger partial charge in [-0.1, -0.05) is 29.3 Å². The summed E-state index contributed by atoms with van der Waals surface area (Å²) < 4.78 is 19.6. The van der Waals surface area contributed by atoms with Crippen molar-refractivity contribution in [2.24, 2.45) is 0 Å². The number of esters is 1. The molecule has 1 N–H and O–H groups in total.